The smallest absolute Gasteiger partial charge is 0.214 e. The number of hydrogen-bond acceptors (Lipinski definition) is 3. The Morgan fingerprint density at radius 3 is 2.77 bits per heavy atom. The summed E-state index contributed by atoms with van der Waals surface area (Å²) in [6.45, 7) is 6.54. The van der Waals surface area contributed by atoms with Gasteiger partial charge in [0.25, 0.3) is 0 Å². The molecule has 1 heterocycles. The summed E-state index contributed by atoms with van der Waals surface area (Å²) in [6, 6.07) is 5.81. The molecule has 1 aliphatic heterocycles. The molecule has 1 saturated heterocycles. The highest BCUT2D eigenvalue weighted by atomic mass is 127. The Morgan fingerprint density at radius 1 is 1.41 bits per heavy atom. The molecular weight excluding hydrogens is 411 g/mol. The molecule has 0 amide bonds. The Balaban J connectivity index is 2.01. The number of rotatable bonds is 7. The molecule has 22 heavy (non-hydrogen) atoms. The summed E-state index contributed by atoms with van der Waals surface area (Å²) in [5, 5.41) is 0.0894. The lowest BCUT2D eigenvalue weighted by Gasteiger charge is -2.19. The van der Waals surface area contributed by atoms with Gasteiger partial charge in [0.1, 0.15) is 17.3 Å². The number of ketones is 1. The SMILES string of the molecule is CCCCOc1ccc(C(=O)C(C)[S+]2CCOCC2)cc1I. The van der Waals surface area contributed by atoms with Crippen LogP contribution in [0.1, 0.15) is 37.0 Å². The Kier molecular flexibility index (Phi) is 7.50. The highest BCUT2D eigenvalue weighted by Gasteiger charge is 2.34. The van der Waals surface area contributed by atoms with Gasteiger partial charge < -0.3 is 9.47 Å². The van der Waals surface area contributed by atoms with Crippen molar-refractivity contribution in [3.63, 3.8) is 0 Å². The van der Waals surface area contributed by atoms with Gasteiger partial charge in [-0.15, -0.1) is 0 Å². The average Bonchev–Trinajstić information content (AvgIpc) is 2.56. The fourth-order valence-corrected chi connectivity index (χ4v) is 5.06. The maximum Gasteiger partial charge on any atom is 0.214 e. The van der Waals surface area contributed by atoms with Crippen molar-refractivity contribution in [3.8, 4) is 5.75 Å². The van der Waals surface area contributed by atoms with Crippen LogP contribution >= 0.6 is 22.6 Å². The van der Waals surface area contributed by atoms with Crippen LogP contribution in [0, 0.1) is 3.57 Å². The molecule has 1 aliphatic rings. The summed E-state index contributed by atoms with van der Waals surface area (Å²) in [5.74, 6) is 3.17. The van der Waals surface area contributed by atoms with E-state index in [2.05, 4.69) is 36.4 Å². The van der Waals surface area contributed by atoms with Gasteiger partial charge in [0.05, 0.1) is 23.4 Å². The number of carbonyl (C=O) groups excluding carboxylic acids is 1. The van der Waals surface area contributed by atoms with E-state index in [9.17, 15) is 4.79 Å². The third kappa shape index (κ3) is 4.86. The van der Waals surface area contributed by atoms with Crippen molar-refractivity contribution in [1.82, 2.24) is 0 Å². The first-order valence-electron chi connectivity index (χ1n) is 7.84. The van der Waals surface area contributed by atoms with E-state index >= 15 is 0 Å². The van der Waals surface area contributed by atoms with Crippen molar-refractivity contribution in [2.45, 2.75) is 31.9 Å². The molecule has 0 spiro atoms. The van der Waals surface area contributed by atoms with Crippen LogP contribution in [-0.4, -0.2) is 42.4 Å². The van der Waals surface area contributed by atoms with Crippen molar-refractivity contribution in [1.29, 1.82) is 0 Å². The Labute approximate surface area is 149 Å². The quantitative estimate of drug-likeness (QED) is 0.284. The van der Waals surface area contributed by atoms with Gasteiger partial charge in [-0.05, 0) is 54.1 Å². The predicted molar refractivity (Wildman–Crippen MR) is 101 cm³/mol. The summed E-state index contributed by atoms with van der Waals surface area (Å²) < 4.78 is 12.2. The second-order valence-corrected chi connectivity index (χ2v) is 9.17. The highest BCUT2D eigenvalue weighted by Crippen LogP contribution is 2.24. The number of unbranched alkanes of at least 4 members (excludes halogenated alkanes) is 1. The molecule has 0 aromatic heterocycles. The van der Waals surface area contributed by atoms with Crippen molar-refractivity contribution in [2.75, 3.05) is 31.3 Å². The minimum absolute atomic E-state index is 0.0894. The predicted octanol–water partition coefficient (Wildman–Crippen LogP) is 3.69. The van der Waals surface area contributed by atoms with Gasteiger partial charge in [-0.1, -0.05) is 13.3 Å². The molecule has 2 rings (SSSR count). The first kappa shape index (κ1) is 18.1. The van der Waals surface area contributed by atoms with Gasteiger partial charge in [0, 0.05) is 16.5 Å². The molecule has 122 valence electrons. The lowest BCUT2D eigenvalue weighted by Crippen LogP contribution is -2.38. The van der Waals surface area contributed by atoms with E-state index in [-0.39, 0.29) is 21.9 Å². The molecular formula is C17H24IO3S+. The zero-order chi connectivity index (χ0) is 15.9. The minimum Gasteiger partial charge on any atom is -0.492 e. The first-order valence-corrected chi connectivity index (χ1v) is 10.5. The van der Waals surface area contributed by atoms with Crippen molar-refractivity contribution in [2.24, 2.45) is 0 Å². The minimum atomic E-state index is 0.0894. The number of halogens is 1. The van der Waals surface area contributed by atoms with E-state index in [0.717, 1.165) is 59.1 Å². The summed E-state index contributed by atoms with van der Waals surface area (Å²) >= 11 is 2.25. The van der Waals surface area contributed by atoms with Crippen molar-refractivity contribution >= 4 is 39.3 Å². The lowest BCUT2D eigenvalue weighted by molar-refractivity contribution is 0.0991. The van der Waals surface area contributed by atoms with Crippen LogP contribution in [0.2, 0.25) is 0 Å². The molecule has 1 unspecified atom stereocenters. The largest absolute Gasteiger partial charge is 0.492 e. The van der Waals surface area contributed by atoms with E-state index in [4.69, 9.17) is 9.47 Å². The van der Waals surface area contributed by atoms with Crippen LogP contribution in [0.4, 0.5) is 0 Å². The summed E-state index contributed by atoms with van der Waals surface area (Å²) in [5.41, 5.74) is 0.804. The van der Waals surface area contributed by atoms with E-state index in [1.54, 1.807) is 0 Å². The molecule has 1 atom stereocenters. The van der Waals surface area contributed by atoms with Gasteiger partial charge in [0.15, 0.2) is 5.25 Å². The van der Waals surface area contributed by atoms with E-state index < -0.39 is 0 Å². The van der Waals surface area contributed by atoms with Crippen LogP contribution in [0.5, 0.6) is 5.75 Å². The monoisotopic (exact) mass is 435 g/mol. The van der Waals surface area contributed by atoms with Crippen molar-refractivity contribution < 1.29 is 14.3 Å². The normalized spacial score (nSPS) is 17.2. The molecule has 1 aromatic carbocycles. The summed E-state index contributed by atoms with van der Waals surface area (Å²) in [6.07, 6.45) is 2.18. The van der Waals surface area contributed by atoms with Crippen LogP contribution in [-0.2, 0) is 15.6 Å². The van der Waals surface area contributed by atoms with Gasteiger partial charge in [-0.3, -0.25) is 4.79 Å². The first-order chi connectivity index (χ1) is 10.6. The Bertz CT molecular complexity index is 501. The van der Waals surface area contributed by atoms with E-state index in [1.165, 1.54) is 0 Å². The molecule has 0 radical (unpaired) electrons. The maximum absolute atomic E-state index is 12.7. The van der Waals surface area contributed by atoms with Crippen LogP contribution in [0.25, 0.3) is 0 Å². The third-order valence-electron chi connectivity index (χ3n) is 3.82. The maximum atomic E-state index is 12.7. The molecule has 0 bridgehead atoms. The number of benzene rings is 1. The summed E-state index contributed by atoms with van der Waals surface area (Å²) in [7, 11) is 0.154. The second kappa shape index (κ2) is 9.13. The van der Waals surface area contributed by atoms with Gasteiger partial charge in [0.2, 0.25) is 5.78 Å². The highest BCUT2D eigenvalue weighted by molar-refractivity contribution is 14.1. The molecule has 0 saturated carbocycles. The van der Waals surface area contributed by atoms with Gasteiger partial charge in [-0.2, -0.15) is 0 Å². The average molecular weight is 435 g/mol. The van der Waals surface area contributed by atoms with Gasteiger partial charge >= 0.3 is 0 Å². The fourth-order valence-electron chi connectivity index (χ4n) is 2.37. The van der Waals surface area contributed by atoms with Crippen LogP contribution in [0.15, 0.2) is 18.2 Å². The number of carbonyl (C=O) groups is 1. The molecule has 5 heteroatoms. The molecule has 1 aromatic rings. The third-order valence-corrected chi connectivity index (χ3v) is 7.26. The van der Waals surface area contributed by atoms with E-state index in [1.807, 2.05) is 18.2 Å². The molecule has 0 N–H and O–H groups in total. The zero-order valence-electron chi connectivity index (χ0n) is 13.3. The lowest BCUT2D eigenvalue weighted by atomic mass is 10.1. The Morgan fingerprint density at radius 2 is 2.14 bits per heavy atom. The topological polar surface area (TPSA) is 35.5 Å². The van der Waals surface area contributed by atoms with Crippen molar-refractivity contribution in [3.05, 3.63) is 27.3 Å². The number of ether oxygens (including phenoxy) is 2. The molecule has 3 nitrogen and oxygen atoms in total. The standard InChI is InChI=1S/C17H24IO3S/c1-3-4-7-21-16-6-5-14(12-15(16)18)17(19)13(2)22-10-8-20-9-11-22/h5-6,12-13H,3-4,7-11H2,1-2H3/q+1. The second-order valence-electron chi connectivity index (χ2n) is 5.41. The molecule has 1 fully saturated rings. The molecule has 0 aliphatic carbocycles. The van der Waals surface area contributed by atoms with E-state index in [0.29, 0.717) is 0 Å². The summed E-state index contributed by atoms with van der Waals surface area (Å²) in [4.78, 5) is 12.7. The zero-order valence-corrected chi connectivity index (χ0v) is 16.2. The number of hydrogen-bond donors (Lipinski definition) is 0. The number of Topliss-reactive ketones (excluding diaryl/α,β-unsaturated/α-hetero) is 1. The Hall–Kier alpha value is -0.270. The van der Waals surface area contributed by atoms with Crippen LogP contribution in [0.3, 0.4) is 0 Å². The van der Waals surface area contributed by atoms with Crippen LogP contribution < -0.4 is 4.74 Å². The fraction of sp³-hybridized carbons (Fsp3) is 0.588. The van der Waals surface area contributed by atoms with Gasteiger partial charge in [-0.25, -0.2) is 0 Å².